The Morgan fingerprint density at radius 1 is 1.17 bits per heavy atom. The highest BCUT2D eigenvalue weighted by atomic mass is 16.2. The van der Waals surface area contributed by atoms with E-state index in [1.54, 1.807) is 12.4 Å². The summed E-state index contributed by atoms with van der Waals surface area (Å²) in [7, 11) is 0. The van der Waals surface area contributed by atoms with Crippen molar-refractivity contribution in [2.24, 2.45) is 17.3 Å². The summed E-state index contributed by atoms with van der Waals surface area (Å²) in [6, 6.07) is 1.82. The van der Waals surface area contributed by atoms with Crippen molar-refractivity contribution >= 4 is 11.9 Å². The molecular formula is C18H26N4O. The van der Waals surface area contributed by atoms with E-state index in [1.165, 1.54) is 5.57 Å². The quantitative estimate of drug-likeness (QED) is 0.804. The van der Waals surface area contributed by atoms with E-state index in [0.717, 1.165) is 32.1 Å². The largest absolute Gasteiger partial charge is 0.339 e. The van der Waals surface area contributed by atoms with E-state index in [4.69, 9.17) is 0 Å². The molecule has 2 aliphatic rings. The average Bonchev–Trinajstić information content (AvgIpc) is 3.07. The average molecular weight is 314 g/mol. The Bertz CT molecular complexity index is 599. The van der Waals surface area contributed by atoms with Crippen molar-refractivity contribution in [2.75, 3.05) is 31.1 Å². The predicted octanol–water partition coefficient (Wildman–Crippen LogP) is 2.36. The number of anilines is 1. The van der Waals surface area contributed by atoms with Gasteiger partial charge in [-0.2, -0.15) is 0 Å². The normalized spacial score (nSPS) is 25.9. The smallest absolute Gasteiger partial charge is 0.226 e. The van der Waals surface area contributed by atoms with Crippen LogP contribution in [-0.2, 0) is 4.79 Å². The van der Waals surface area contributed by atoms with E-state index in [2.05, 4.69) is 48.6 Å². The van der Waals surface area contributed by atoms with Gasteiger partial charge in [0.05, 0.1) is 5.92 Å². The van der Waals surface area contributed by atoms with E-state index < -0.39 is 0 Å². The van der Waals surface area contributed by atoms with Gasteiger partial charge in [-0.3, -0.25) is 4.79 Å². The van der Waals surface area contributed by atoms with Crippen molar-refractivity contribution in [3.05, 3.63) is 30.1 Å². The van der Waals surface area contributed by atoms with Crippen LogP contribution < -0.4 is 4.90 Å². The van der Waals surface area contributed by atoms with Gasteiger partial charge in [0, 0.05) is 38.6 Å². The summed E-state index contributed by atoms with van der Waals surface area (Å²) in [4.78, 5) is 25.6. The van der Waals surface area contributed by atoms with Crippen LogP contribution in [0.2, 0.25) is 0 Å². The summed E-state index contributed by atoms with van der Waals surface area (Å²) in [5, 5.41) is 0. The first kappa shape index (κ1) is 16.0. The minimum atomic E-state index is 0.0913. The molecule has 2 fully saturated rings. The van der Waals surface area contributed by atoms with Crippen LogP contribution in [0.1, 0.15) is 27.7 Å². The Hall–Kier alpha value is -1.91. The highest BCUT2D eigenvalue weighted by Gasteiger charge is 2.61. The molecule has 2 atom stereocenters. The summed E-state index contributed by atoms with van der Waals surface area (Å²) < 4.78 is 0. The van der Waals surface area contributed by atoms with Gasteiger partial charge in [-0.25, -0.2) is 9.97 Å². The first-order valence-electron chi connectivity index (χ1n) is 8.37. The van der Waals surface area contributed by atoms with Crippen LogP contribution in [0.5, 0.6) is 0 Å². The van der Waals surface area contributed by atoms with E-state index in [1.807, 2.05) is 11.0 Å². The first-order chi connectivity index (χ1) is 10.9. The van der Waals surface area contributed by atoms with Crippen LogP contribution >= 0.6 is 0 Å². The van der Waals surface area contributed by atoms with Crippen molar-refractivity contribution in [1.82, 2.24) is 14.9 Å². The molecule has 3 rings (SSSR count). The van der Waals surface area contributed by atoms with Gasteiger partial charge < -0.3 is 9.80 Å². The monoisotopic (exact) mass is 314 g/mol. The number of hydrogen-bond donors (Lipinski definition) is 0. The Morgan fingerprint density at radius 3 is 2.35 bits per heavy atom. The molecule has 1 aromatic rings. The highest BCUT2D eigenvalue weighted by Crippen LogP contribution is 2.60. The van der Waals surface area contributed by atoms with Crippen LogP contribution in [0.4, 0.5) is 5.95 Å². The van der Waals surface area contributed by atoms with Crippen LogP contribution in [0.25, 0.3) is 0 Å². The summed E-state index contributed by atoms with van der Waals surface area (Å²) in [6.45, 7) is 11.7. The van der Waals surface area contributed by atoms with E-state index >= 15 is 0 Å². The molecule has 5 heteroatoms. The molecule has 0 bridgehead atoms. The second kappa shape index (κ2) is 5.95. The summed E-state index contributed by atoms with van der Waals surface area (Å²) >= 11 is 0. The summed E-state index contributed by atoms with van der Waals surface area (Å²) in [5.41, 5.74) is 1.39. The van der Waals surface area contributed by atoms with Gasteiger partial charge in [0.15, 0.2) is 0 Å². The Kier molecular flexibility index (Phi) is 4.13. The molecule has 0 N–H and O–H groups in total. The molecule has 1 aliphatic heterocycles. The van der Waals surface area contributed by atoms with Gasteiger partial charge >= 0.3 is 0 Å². The fourth-order valence-electron chi connectivity index (χ4n) is 3.60. The maximum Gasteiger partial charge on any atom is 0.226 e. The maximum atomic E-state index is 12.9. The van der Waals surface area contributed by atoms with Crippen molar-refractivity contribution in [3.8, 4) is 0 Å². The first-order valence-corrected chi connectivity index (χ1v) is 8.37. The summed E-state index contributed by atoms with van der Waals surface area (Å²) in [5.74, 6) is 1.59. The molecule has 23 heavy (non-hydrogen) atoms. The SMILES string of the molecule is CC(C)=CC1C(C(=O)N2CCN(c3ncccn3)CC2)C1(C)C. The van der Waals surface area contributed by atoms with Crippen molar-refractivity contribution in [1.29, 1.82) is 0 Å². The minimum absolute atomic E-state index is 0.0913. The number of hydrogen-bond acceptors (Lipinski definition) is 4. The lowest BCUT2D eigenvalue weighted by Gasteiger charge is -2.35. The third kappa shape index (κ3) is 3.09. The number of piperazine rings is 1. The molecule has 124 valence electrons. The lowest BCUT2D eigenvalue weighted by molar-refractivity contribution is -0.133. The third-order valence-corrected chi connectivity index (χ3v) is 5.12. The summed E-state index contributed by atoms with van der Waals surface area (Å²) in [6.07, 6.45) is 5.78. The fourth-order valence-corrected chi connectivity index (χ4v) is 3.60. The zero-order valence-electron chi connectivity index (χ0n) is 14.5. The fraction of sp³-hybridized carbons (Fsp3) is 0.611. The van der Waals surface area contributed by atoms with Crippen LogP contribution in [-0.4, -0.2) is 47.0 Å². The minimum Gasteiger partial charge on any atom is -0.339 e. The molecule has 1 saturated carbocycles. The molecule has 0 aromatic carbocycles. The van der Waals surface area contributed by atoms with Crippen molar-refractivity contribution < 1.29 is 4.79 Å². The standard InChI is InChI=1S/C18H26N4O/c1-13(2)12-14-15(18(14,3)4)16(23)21-8-10-22(11-9-21)17-19-6-5-7-20-17/h5-7,12,14-15H,8-11H2,1-4H3. The van der Waals surface area contributed by atoms with Crippen molar-refractivity contribution in [2.45, 2.75) is 27.7 Å². The topological polar surface area (TPSA) is 49.3 Å². The van der Waals surface area contributed by atoms with Gasteiger partial charge in [-0.05, 0) is 31.2 Å². The Balaban J connectivity index is 1.60. The number of allylic oxidation sites excluding steroid dienone is 2. The van der Waals surface area contributed by atoms with Gasteiger partial charge in [-0.15, -0.1) is 0 Å². The Labute approximate surface area is 138 Å². The molecule has 0 radical (unpaired) electrons. The molecule has 5 nitrogen and oxygen atoms in total. The van der Waals surface area contributed by atoms with Crippen molar-refractivity contribution in [3.63, 3.8) is 0 Å². The number of nitrogens with zero attached hydrogens (tertiary/aromatic N) is 4. The second-order valence-corrected chi connectivity index (χ2v) is 7.43. The van der Waals surface area contributed by atoms with Crippen LogP contribution in [0.15, 0.2) is 30.1 Å². The lowest BCUT2D eigenvalue weighted by atomic mass is 10.1. The number of carbonyl (C=O) groups excluding carboxylic acids is 1. The Morgan fingerprint density at radius 2 is 1.78 bits per heavy atom. The van der Waals surface area contributed by atoms with E-state index in [0.29, 0.717) is 11.8 Å². The molecule has 1 aliphatic carbocycles. The molecular weight excluding hydrogens is 288 g/mol. The number of amides is 1. The molecule has 0 spiro atoms. The lowest BCUT2D eigenvalue weighted by Crippen LogP contribution is -2.50. The van der Waals surface area contributed by atoms with Gasteiger partial charge in [0.1, 0.15) is 0 Å². The molecule has 2 unspecified atom stereocenters. The van der Waals surface area contributed by atoms with Gasteiger partial charge in [0.25, 0.3) is 0 Å². The number of rotatable bonds is 3. The predicted molar refractivity (Wildman–Crippen MR) is 91.0 cm³/mol. The van der Waals surface area contributed by atoms with Gasteiger partial charge in [0.2, 0.25) is 11.9 Å². The molecule has 1 saturated heterocycles. The van der Waals surface area contributed by atoms with E-state index in [9.17, 15) is 4.79 Å². The molecule has 1 aromatic heterocycles. The van der Waals surface area contributed by atoms with E-state index in [-0.39, 0.29) is 11.3 Å². The van der Waals surface area contributed by atoms with Gasteiger partial charge in [-0.1, -0.05) is 25.5 Å². The second-order valence-electron chi connectivity index (χ2n) is 7.43. The van der Waals surface area contributed by atoms with Crippen LogP contribution in [0.3, 0.4) is 0 Å². The zero-order chi connectivity index (χ0) is 16.6. The number of aromatic nitrogens is 2. The molecule has 1 amide bonds. The number of carbonyl (C=O) groups is 1. The third-order valence-electron chi connectivity index (χ3n) is 5.12. The highest BCUT2D eigenvalue weighted by molar-refractivity contribution is 5.84. The molecule has 2 heterocycles. The zero-order valence-corrected chi connectivity index (χ0v) is 14.5. The maximum absolute atomic E-state index is 12.9. The van der Waals surface area contributed by atoms with Crippen LogP contribution in [0, 0.1) is 17.3 Å².